The number of nitrogens with zero attached hydrogens (tertiary/aromatic N) is 1. The maximum Gasteiger partial charge on any atom is 0.0719 e. The standard InChI is InChI=1S/C42H27NS2/c1-3-12-28(13-4-1)29-22-24-31(25-23-29)43(37-19-11-18-35-33-16-7-9-20-38(33)44-41(35)37)40-32(30-14-5-2-6-15-30)26-27-36-34-17-8-10-21-39(34)45-42(36)40/h1-27H/i7D,9D,11D,16D,18D,19D,20D. The lowest BCUT2D eigenvalue weighted by molar-refractivity contribution is 1.32. The second-order valence-electron chi connectivity index (χ2n) is 10.8. The van der Waals surface area contributed by atoms with Gasteiger partial charge in [-0.3, -0.25) is 0 Å². The van der Waals surface area contributed by atoms with Gasteiger partial charge in [-0.05, 0) is 47.0 Å². The highest BCUT2D eigenvalue weighted by molar-refractivity contribution is 7.27. The number of fused-ring (bicyclic) bond motifs is 6. The highest BCUT2D eigenvalue weighted by atomic mass is 32.1. The number of anilines is 3. The van der Waals surface area contributed by atoms with Gasteiger partial charge in [0.1, 0.15) is 0 Å². The maximum absolute atomic E-state index is 9.57. The van der Waals surface area contributed by atoms with Crippen LogP contribution in [0, 0.1) is 0 Å². The van der Waals surface area contributed by atoms with Crippen LogP contribution in [0.1, 0.15) is 9.60 Å². The van der Waals surface area contributed by atoms with Crippen LogP contribution < -0.4 is 4.90 Å². The Bertz CT molecular complexity index is 2870. The average Bonchev–Trinajstić information content (AvgIpc) is 3.77. The van der Waals surface area contributed by atoms with Crippen LogP contribution in [0.4, 0.5) is 17.1 Å². The zero-order chi connectivity index (χ0) is 35.8. The molecule has 7 aromatic carbocycles. The third-order valence-corrected chi connectivity index (χ3v) is 10.5. The largest absolute Gasteiger partial charge is 0.307 e. The molecule has 0 aliphatic heterocycles. The summed E-state index contributed by atoms with van der Waals surface area (Å²) in [6, 6.07) is 38.8. The first-order chi connectivity index (χ1) is 25.2. The fraction of sp³-hybridized carbons (Fsp3) is 0. The number of hydrogen-bond donors (Lipinski definition) is 0. The summed E-state index contributed by atoms with van der Waals surface area (Å²) in [6.07, 6.45) is 0. The van der Waals surface area contributed by atoms with Gasteiger partial charge in [0.2, 0.25) is 0 Å². The highest BCUT2D eigenvalue weighted by Gasteiger charge is 2.25. The van der Waals surface area contributed by atoms with Crippen LogP contribution >= 0.6 is 22.7 Å². The molecular weight excluding hydrogens is 583 g/mol. The van der Waals surface area contributed by atoms with Crippen LogP contribution in [0.3, 0.4) is 0 Å². The van der Waals surface area contributed by atoms with Gasteiger partial charge < -0.3 is 4.90 Å². The first-order valence-corrected chi connectivity index (χ1v) is 16.3. The monoisotopic (exact) mass is 616 g/mol. The first-order valence-electron chi connectivity index (χ1n) is 18.1. The lowest BCUT2D eigenvalue weighted by Crippen LogP contribution is -2.11. The van der Waals surface area contributed by atoms with Crippen LogP contribution in [0.25, 0.3) is 62.6 Å². The Balaban J connectivity index is 1.46. The fourth-order valence-corrected chi connectivity index (χ4v) is 8.42. The fourth-order valence-electron chi connectivity index (χ4n) is 6.12. The van der Waals surface area contributed by atoms with Crippen LogP contribution in [-0.4, -0.2) is 0 Å². The molecule has 0 saturated carbocycles. The van der Waals surface area contributed by atoms with Gasteiger partial charge >= 0.3 is 0 Å². The molecule has 9 aromatic rings. The lowest BCUT2D eigenvalue weighted by Gasteiger charge is -2.29. The minimum Gasteiger partial charge on any atom is -0.307 e. The van der Waals surface area contributed by atoms with Crippen molar-refractivity contribution in [2.24, 2.45) is 0 Å². The lowest BCUT2D eigenvalue weighted by atomic mass is 9.98. The summed E-state index contributed by atoms with van der Waals surface area (Å²) in [5, 5.41) is 2.60. The molecule has 1 nitrogen and oxygen atoms in total. The molecule has 0 amide bonds. The molecule has 9 rings (SSSR count). The van der Waals surface area contributed by atoms with Gasteiger partial charge in [0.15, 0.2) is 0 Å². The molecule has 0 saturated heterocycles. The molecule has 3 heteroatoms. The SMILES string of the molecule is [2H]c1c([2H])c([2H])c2c(sc3c(N(c4ccc(-c5ccccc5)cc4)c4c(-c5ccccc5)ccc5c4sc4ccccc45)c([2H])c([2H])c([2H])c32)c1[2H]. The van der Waals surface area contributed by atoms with Gasteiger partial charge in [-0.15, -0.1) is 22.7 Å². The van der Waals surface area contributed by atoms with E-state index in [1.165, 1.54) is 0 Å². The number of benzene rings is 7. The van der Waals surface area contributed by atoms with Crippen molar-refractivity contribution < 1.29 is 9.60 Å². The van der Waals surface area contributed by atoms with Gasteiger partial charge in [-0.25, -0.2) is 0 Å². The molecule has 45 heavy (non-hydrogen) atoms. The number of thiophene rings is 2. The summed E-state index contributed by atoms with van der Waals surface area (Å²) in [7, 11) is 0. The zero-order valence-corrected chi connectivity index (χ0v) is 25.4. The van der Waals surface area contributed by atoms with Gasteiger partial charge in [-0.1, -0.05) is 133 Å². The van der Waals surface area contributed by atoms with Crippen molar-refractivity contribution in [1.82, 2.24) is 0 Å². The van der Waals surface area contributed by atoms with Crippen molar-refractivity contribution in [3.63, 3.8) is 0 Å². The predicted molar refractivity (Wildman–Crippen MR) is 198 cm³/mol. The van der Waals surface area contributed by atoms with E-state index in [0.717, 1.165) is 65.1 Å². The molecule has 0 aliphatic carbocycles. The Morgan fingerprint density at radius 3 is 1.93 bits per heavy atom. The molecule has 0 aliphatic rings. The van der Waals surface area contributed by atoms with E-state index in [1.54, 1.807) is 11.3 Å². The molecule has 212 valence electrons. The van der Waals surface area contributed by atoms with Gasteiger partial charge in [0.25, 0.3) is 0 Å². The maximum atomic E-state index is 9.57. The summed E-state index contributed by atoms with van der Waals surface area (Å²) < 4.78 is 65.3. The smallest absolute Gasteiger partial charge is 0.0719 e. The normalized spacial score (nSPS) is 13.7. The van der Waals surface area contributed by atoms with Crippen molar-refractivity contribution in [3.8, 4) is 22.3 Å². The summed E-state index contributed by atoms with van der Waals surface area (Å²) in [4.78, 5) is 2.02. The minimum atomic E-state index is -0.394. The molecule has 2 aromatic heterocycles. The van der Waals surface area contributed by atoms with Crippen molar-refractivity contribution in [1.29, 1.82) is 0 Å². The molecule has 0 fully saturated rings. The third kappa shape index (κ3) is 4.35. The molecule has 0 atom stereocenters. The van der Waals surface area contributed by atoms with Crippen LogP contribution in [0.15, 0.2) is 164 Å². The van der Waals surface area contributed by atoms with Gasteiger partial charge in [0, 0.05) is 42.2 Å². The summed E-state index contributed by atoms with van der Waals surface area (Å²) >= 11 is 2.80. The molecule has 0 unspecified atom stereocenters. The Hall–Kier alpha value is -5.22. The van der Waals surface area contributed by atoms with Crippen molar-refractivity contribution in [2.75, 3.05) is 4.90 Å². The van der Waals surface area contributed by atoms with E-state index in [1.807, 2.05) is 77.7 Å². The van der Waals surface area contributed by atoms with Crippen molar-refractivity contribution in [3.05, 3.63) is 164 Å². The van der Waals surface area contributed by atoms with Crippen LogP contribution in [-0.2, 0) is 0 Å². The van der Waals surface area contributed by atoms with Gasteiger partial charge in [-0.2, -0.15) is 0 Å². The van der Waals surface area contributed by atoms with Crippen molar-refractivity contribution in [2.45, 2.75) is 0 Å². The summed E-state index contributed by atoms with van der Waals surface area (Å²) in [5.74, 6) is 0. The first kappa shape index (κ1) is 19.9. The quantitative estimate of drug-likeness (QED) is 0.186. The molecular formula is C42H27NS2. The van der Waals surface area contributed by atoms with E-state index >= 15 is 0 Å². The van der Waals surface area contributed by atoms with Crippen molar-refractivity contribution >= 4 is 80.1 Å². The van der Waals surface area contributed by atoms with E-state index in [9.17, 15) is 1.37 Å². The minimum absolute atomic E-state index is 0.163. The molecule has 0 N–H and O–H groups in total. The topological polar surface area (TPSA) is 3.24 Å². The van der Waals surface area contributed by atoms with E-state index < -0.39 is 6.04 Å². The molecule has 0 bridgehead atoms. The molecule has 0 spiro atoms. The zero-order valence-electron chi connectivity index (χ0n) is 30.8. The summed E-state index contributed by atoms with van der Waals surface area (Å²) in [6.45, 7) is 0. The van der Waals surface area contributed by atoms with E-state index in [0.29, 0.717) is 15.1 Å². The molecule has 2 heterocycles. The second-order valence-corrected chi connectivity index (χ2v) is 12.9. The Morgan fingerprint density at radius 2 is 1.11 bits per heavy atom. The highest BCUT2D eigenvalue weighted by Crippen LogP contribution is 2.52. The second kappa shape index (κ2) is 10.7. The Labute approximate surface area is 279 Å². The number of hydrogen-bond acceptors (Lipinski definition) is 3. The Morgan fingerprint density at radius 1 is 0.444 bits per heavy atom. The van der Waals surface area contributed by atoms with Crippen LogP contribution in [0.5, 0.6) is 0 Å². The van der Waals surface area contributed by atoms with E-state index in [-0.39, 0.29) is 47.0 Å². The molecule has 0 radical (unpaired) electrons. The van der Waals surface area contributed by atoms with E-state index in [4.69, 9.17) is 8.22 Å². The van der Waals surface area contributed by atoms with E-state index in [2.05, 4.69) is 48.5 Å². The predicted octanol–water partition coefficient (Wildman–Crippen LogP) is 13.2. The summed E-state index contributed by atoms with van der Waals surface area (Å²) in [5.41, 5.74) is 5.82. The number of rotatable bonds is 5. The Kier molecular flexibility index (Phi) is 4.76. The van der Waals surface area contributed by atoms with Gasteiger partial charge in [0.05, 0.1) is 30.4 Å². The van der Waals surface area contributed by atoms with Crippen LogP contribution in [0.2, 0.25) is 0 Å². The third-order valence-electron chi connectivity index (χ3n) is 8.20. The average molecular weight is 617 g/mol.